The summed E-state index contributed by atoms with van der Waals surface area (Å²) in [5.74, 6) is 0.789. The Balaban J connectivity index is 1.51. The van der Waals surface area contributed by atoms with Gasteiger partial charge in [-0.05, 0) is 55.3 Å². The van der Waals surface area contributed by atoms with Crippen molar-refractivity contribution < 1.29 is 9.53 Å². The third-order valence-corrected chi connectivity index (χ3v) is 5.67. The number of rotatable bonds is 9. The largest absolute Gasteiger partial charge is 0.383 e. The lowest BCUT2D eigenvalue weighted by Gasteiger charge is -2.16. The van der Waals surface area contributed by atoms with Gasteiger partial charge in [0.05, 0.1) is 6.61 Å². The maximum absolute atomic E-state index is 12.2. The van der Waals surface area contributed by atoms with E-state index in [1.165, 1.54) is 12.1 Å². The Bertz CT molecular complexity index is 984. The highest BCUT2D eigenvalue weighted by atomic mass is 32.2. The Morgan fingerprint density at radius 2 is 2.10 bits per heavy atom. The van der Waals surface area contributed by atoms with Crippen molar-refractivity contribution >= 4 is 40.6 Å². The Morgan fingerprint density at radius 3 is 2.83 bits per heavy atom. The lowest BCUT2D eigenvalue weighted by atomic mass is 10.0. The molecule has 8 heteroatoms. The summed E-state index contributed by atoms with van der Waals surface area (Å²) in [6.45, 7) is 1.53. The molecule has 0 bridgehead atoms. The minimum absolute atomic E-state index is 0.0588. The summed E-state index contributed by atoms with van der Waals surface area (Å²) in [6, 6.07) is 12.2. The number of likely N-dealkylation sites (N-methyl/N-ethyl adjacent to an activating group) is 1. The molecule has 1 aliphatic rings. The topological polar surface area (TPSA) is 82.3 Å². The number of anilines is 2. The summed E-state index contributed by atoms with van der Waals surface area (Å²) in [6.07, 6.45) is 3.81. The number of aromatic nitrogens is 2. The van der Waals surface area contributed by atoms with Crippen molar-refractivity contribution in [1.29, 1.82) is 0 Å². The monoisotopic (exact) mass is 411 g/mol. The van der Waals surface area contributed by atoms with Crippen LogP contribution in [0.3, 0.4) is 0 Å². The Kier molecular flexibility index (Phi) is 6.03. The number of hydrogen-bond donors (Lipinski definition) is 3. The number of ether oxygens (including phenoxy) is 1. The molecule has 2 heterocycles. The van der Waals surface area contributed by atoms with Crippen molar-refractivity contribution in [3.8, 4) is 11.1 Å². The molecule has 29 heavy (non-hydrogen) atoms. The standard InChI is InChI=1S/C21H25N5O2S/c1-26(11-12-28-2)29-25-16-7-5-14(6-8-16)18-13-19(24-21(27)15-3-4-15)23-20-17(18)9-10-22-20/h5-10,13,15,25H,3-4,11-12H2,1-2H3,(H2,22,23,24,27). The molecule has 0 spiro atoms. The fraction of sp³-hybridized carbons (Fsp3) is 0.333. The van der Waals surface area contributed by atoms with Gasteiger partial charge >= 0.3 is 0 Å². The van der Waals surface area contributed by atoms with Gasteiger partial charge in [-0.25, -0.2) is 9.29 Å². The van der Waals surface area contributed by atoms with Gasteiger partial charge in [-0.2, -0.15) is 0 Å². The smallest absolute Gasteiger partial charge is 0.228 e. The molecule has 4 rings (SSSR count). The molecule has 0 saturated heterocycles. The van der Waals surface area contributed by atoms with E-state index in [2.05, 4.69) is 36.4 Å². The van der Waals surface area contributed by atoms with E-state index in [0.29, 0.717) is 12.4 Å². The number of H-pyrrole nitrogens is 1. The summed E-state index contributed by atoms with van der Waals surface area (Å²) in [5, 5.41) is 3.99. The van der Waals surface area contributed by atoms with E-state index in [1.807, 2.05) is 37.5 Å². The highest BCUT2D eigenvalue weighted by Crippen LogP contribution is 2.33. The highest BCUT2D eigenvalue weighted by molar-refractivity contribution is 7.98. The van der Waals surface area contributed by atoms with E-state index < -0.39 is 0 Å². The molecule has 3 aromatic rings. The fourth-order valence-electron chi connectivity index (χ4n) is 3.03. The van der Waals surface area contributed by atoms with E-state index in [-0.39, 0.29) is 11.8 Å². The Hall–Kier alpha value is -2.55. The van der Waals surface area contributed by atoms with E-state index in [4.69, 9.17) is 4.74 Å². The lowest BCUT2D eigenvalue weighted by molar-refractivity contribution is -0.117. The zero-order valence-electron chi connectivity index (χ0n) is 16.6. The van der Waals surface area contributed by atoms with Crippen LogP contribution < -0.4 is 10.0 Å². The number of aromatic amines is 1. The zero-order valence-corrected chi connectivity index (χ0v) is 17.4. The Morgan fingerprint density at radius 1 is 1.31 bits per heavy atom. The van der Waals surface area contributed by atoms with E-state index in [0.717, 1.165) is 47.2 Å². The number of hydrogen-bond acceptors (Lipinski definition) is 6. The fourth-order valence-corrected chi connectivity index (χ4v) is 3.59. The first-order valence-electron chi connectivity index (χ1n) is 9.66. The van der Waals surface area contributed by atoms with Gasteiger partial charge in [-0.15, -0.1) is 0 Å². The predicted molar refractivity (Wildman–Crippen MR) is 119 cm³/mol. The molecule has 1 aromatic carbocycles. The maximum atomic E-state index is 12.2. The summed E-state index contributed by atoms with van der Waals surface area (Å²) >= 11 is 1.53. The SMILES string of the molecule is COCCN(C)SNc1ccc(-c2cc(NC(=O)C3CC3)nc3[nH]ccc23)cc1. The van der Waals surface area contributed by atoms with Crippen LogP contribution in [-0.4, -0.2) is 47.5 Å². The zero-order chi connectivity index (χ0) is 20.2. The lowest BCUT2D eigenvalue weighted by Crippen LogP contribution is -2.17. The molecule has 7 nitrogen and oxygen atoms in total. The van der Waals surface area contributed by atoms with E-state index in [1.54, 1.807) is 7.11 Å². The van der Waals surface area contributed by atoms with Gasteiger partial charge in [0.15, 0.2) is 0 Å². The van der Waals surface area contributed by atoms with Crippen molar-refractivity contribution in [2.75, 3.05) is 37.3 Å². The van der Waals surface area contributed by atoms with Crippen LogP contribution in [-0.2, 0) is 9.53 Å². The van der Waals surface area contributed by atoms with Crippen LogP contribution in [0, 0.1) is 5.92 Å². The number of carbonyl (C=O) groups excluding carboxylic acids is 1. The number of fused-ring (bicyclic) bond motifs is 1. The molecule has 0 atom stereocenters. The van der Waals surface area contributed by atoms with Crippen LogP contribution in [0.25, 0.3) is 22.2 Å². The van der Waals surface area contributed by atoms with Crippen LogP contribution in [0.15, 0.2) is 42.6 Å². The van der Waals surface area contributed by atoms with Crippen molar-refractivity contribution in [2.24, 2.45) is 5.92 Å². The van der Waals surface area contributed by atoms with Gasteiger partial charge in [0, 0.05) is 49.0 Å². The molecule has 1 fully saturated rings. The van der Waals surface area contributed by atoms with Crippen LogP contribution >= 0.6 is 12.1 Å². The first kappa shape index (κ1) is 19.8. The normalized spacial score (nSPS) is 13.8. The molecule has 0 unspecified atom stereocenters. The van der Waals surface area contributed by atoms with Crippen LogP contribution in [0.1, 0.15) is 12.8 Å². The highest BCUT2D eigenvalue weighted by Gasteiger charge is 2.30. The second kappa shape index (κ2) is 8.86. The minimum Gasteiger partial charge on any atom is -0.383 e. The molecule has 0 radical (unpaired) electrons. The number of nitrogens with zero attached hydrogens (tertiary/aromatic N) is 2. The van der Waals surface area contributed by atoms with Gasteiger partial charge in [-0.1, -0.05) is 12.1 Å². The first-order valence-corrected chi connectivity index (χ1v) is 10.4. The summed E-state index contributed by atoms with van der Waals surface area (Å²) in [5.41, 5.74) is 3.90. The van der Waals surface area contributed by atoms with Crippen molar-refractivity contribution in [3.05, 3.63) is 42.6 Å². The molecule has 1 saturated carbocycles. The van der Waals surface area contributed by atoms with E-state index in [9.17, 15) is 4.79 Å². The average Bonchev–Trinajstić information content (AvgIpc) is 3.48. The maximum Gasteiger partial charge on any atom is 0.228 e. The molecule has 3 N–H and O–H groups in total. The number of nitrogens with one attached hydrogen (secondary N) is 3. The third-order valence-electron chi connectivity index (χ3n) is 4.85. The van der Waals surface area contributed by atoms with Crippen LogP contribution in [0.2, 0.25) is 0 Å². The summed E-state index contributed by atoms with van der Waals surface area (Å²) in [7, 11) is 3.72. The third kappa shape index (κ3) is 4.90. The number of amides is 1. The average molecular weight is 412 g/mol. The summed E-state index contributed by atoms with van der Waals surface area (Å²) < 4.78 is 10.5. The van der Waals surface area contributed by atoms with Crippen molar-refractivity contribution in [2.45, 2.75) is 12.8 Å². The van der Waals surface area contributed by atoms with Crippen LogP contribution in [0.5, 0.6) is 0 Å². The molecular weight excluding hydrogens is 386 g/mol. The molecule has 152 valence electrons. The molecule has 0 aliphatic heterocycles. The minimum atomic E-state index is 0.0588. The number of pyridine rings is 1. The van der Waals surface area contributed by atoms with Gasteiger partial charge in [-0.3, -0.25) is 4.79 Å². The molecule has 1 aliphatic carbocycles. The second-order valence-electron chi connectivity index (χ2n) is 7.17. The first-order chi connectivity index (χ1) is 14.1. The Labute approximate surface area is 174 Å². The van der Waals surface area contributed by atoms with Crippen molar-refractivity contribution in [1.82, 2.24) is 14.3 Å². The van der Waals surface area contributed by atoms with Gasteiger partial charge in [0.25, 0.3) is 0 Å². The quantitative estimate of drug-likeness (QED) is 0.459. The molecule has 1 amide bonds. The van der Waals surface area contributed by atoms with Crippen molar-refractivity contribution in [3.63, 3.8) is 0 Å². The van der Waals surface area contributed by atoms with Gasteiger partial charge < -0.3 is 19.8 Å². The molecular formula is C21H25N5O2S. The number of methoxy groups -OCH3 is 1. The summed E-state index contributed by atoms with van der Waals surface area (Å²) in [4.78, 5) is 19.8. The second-order valence-corrected chi connectivity index (χ2v) is 8.18. The number of carbonyl (C=O) groups is 1. The molecule has 2 aromatic heterocycles. The van der Waals surface area contributed by atoms with Gasteiger partial charge in [0.2, 0.25) is 5.91 Å². The predicted octanol–water partition coefficient (Wildman–Crippen LogP) is 4.13. The van der Waals surface area contributed by atoms with E-state index >= 15 is 0 Å². The van der Waals surface area contributed by atoms with Gasteiger partial charge in [0.1, 0.15) is 11.5 Å². The van der Waals surface area contributed by atoms with Crippen LogP contribution in [0.4, 0.5) is 11.5 Å². The number of benzene rings is 1.